The Bertz CT molecular complexity index is 656. The van der Waals surface area contributed by atoms with Crippen LogP contribution >= 0.6 is 0 Å². The fourth-order valence-corrected chi connectivity index (χ4v) is 2.35. The summed E-state index contributed by atoms with van der Waals surface area (Å²) in [6, 6.07) is 10.4. The van der Waals surface area contributed by atoms with Crippen LogP contribution in [0.25, 0.3) is 10.9 Å². The third-order valence-corrected chi connectivity index (χ3v) is 3.35. The van der Waals surface area contributed by atoms with E-state index in [1.807, 2.05) is 18.5 Å². The number of fused-ring (bicyclic) bond motifs is 1. The van der Waals surface area contributed by atoms with E-state index in [9.17, 15) is 0 Å². The van der Waals surface area contributed by atoms with Crippen molar-refractivity contribution in [2.75, 3.05) is 6.54 Å². The highest BCUT2D eigenvalue weighted by atomic mass is 14.9. The summed E-state index contributed by atoms with van der Waals surface area (Å²) in [5.74, 6) is 1.05. The Morgan fingerprint density at radius 3 is 2.90 bits per heavy atom. The average molecular weight is 266 g/mol. The number of aromatic nitrogens is 3. The molecule has 0 amide bonds. The number of H-pyrrole nitrogens is 1. The molecular weight excluding hydrogens is 248 g/mol. The number of imidazole rings is 1. The fraction of sp³-hybridized carbons (Fsp3) is 0.250. The summed E-state index contributed by atoms with van der Waals surface area (Å²) in [7, 11) is 0. The zero-order valence-corrected chi connectivity index (χ0v) is 11.3. The Morgan fingerprint density at radius 1 is 1.05 bits per heavy atom. The molecule has 0 radical (unpaired) electrons. The minimum absolute atomic E-state index is 0.854. The summed E-state index contributed by atoms with van der Waals surface area (Å²) in [5.41, 5.74) is 2.34. The van der Waals surface area contributed by atoms with Crippen molar-refractivity contribution in [3.8, 4) is 0 Å². The molecule has 0 fully saturated rings. The van der Waals surface area contributed by atoms with Gasteiger partial charge in [-0.15, -0.1) is 0 Å². The first-order valence-electron chi connectivity index (χ1n) is 6.95. The predicted molar refractivity (Wildman–Crippen MR) is 80.4 cm³/mol. The van der Waals surface area contributed by atoms with Gasteiger partial charge in [0.2, 0.25) is 0 Å². The second kappa shape index (κ2) is 6.30. The molecule has 2 aromatic heterocycles. The van der Waals surface area contributed by atoms with Crippen molar-refractivity contribution in [1.82, 2.24) is 20.3 Å². The summed E-state index contributed by atoms with van der Waals surface area (Å²) in [5, 5.41) is 4.67. The summed E-state index contributed by atoms with van der Waals surface area (Å²) in [6.45, 7) is 1.83. The number of aryl methyl sites for hydroxylation is 1. The summed E-state index contributed by atoms with van der Waals surface area (Å²) in [4.78, 5) is 11.8. The van der Waals surface area contributed by atoms with Gasteiger partial charge in [0.25, 0.3) is 0 Å². The first kappa shape index (κ1) is 12.8. The van der Waals surface area contributed by atoms with Gasteiger partial charge in [-0.1, -0.05) is 24.3 Å². The molecule has 0 saturated carbocycles. The van der Waals surface area contributed by atoms with Crippen LogP contribution in [0, 0.1) is 0 Å². The molecule has 0 aliphatic rings. The van der Waals surface area contributed by atoms with Crippen LogP contribution in [-0.4, -0.2) is 21.5 Å². The quantitative estimate of drug-likeness (QED) is 0.674. The van der Waals surface area contributed by atoms with Crippen LogP contribution in [0.3, 0.4) is 0 Å². The topological polar surface area (TPSA) is 53.6 Å². The molecule has 3 aromatic rings. The molecule has 102 valence electrons. The van der Waals surface area contributed by atoms with Crippen LogP contribution in [0.4, 0.5) is 0 Å². The number of aromatic amines is 1. The van der Waals surface area contributed by atoms with Crippen molar-refractivity contribution >= 4 is 10.9 Å². The van der Waals surface area contributed by atoms with E-state index in [0.29, 0.717) is 0 Å². The number of hydrogen-bond donors (Lipinski definition) is 2. The van der Waals surface area contributed by atoms with E-state index < -0.39 is 0 Å². The molecule has 0 unspecified atom stereocenters. The van der Waals surface area contributed by atoms with Gasteiger partial charge in [0, 0.05) is 36.9 Å². The van der Waals surface area contributed by atoms with Crippen molar-refractivity contribution in [1.29, 1.82) is 0 Å². The first-order chi connectivity index (χ1) is 9.93. The predicted octanol–water partition coefficient (Wildman–Crippen LogP) is 2.68. The van der Waals surface area contributed by atoms with Crippen molar-refractivity contribution in [3.63, 3.8) is 0 Å². The third-order valence-electron chi connectivity index (χ3n) is 3.35. The van der Waals surface area contributed by atoms with Gasteiger partial charge >= 0.3 is 0 Å². The number of nitrogens with zero attached hydrogens (tertiary/aromatic N) is 2. The van der Waals surface area contributed by atoms with Crippen LogP contribution in [0.1, 0.15) is 17.8 Å². The molecular formula is C16H18N4. The Kier molecular flexibility index (Phi) is 4.04. The molecule has 0 spiro atoms. The monoisotopic (exact) mass is 266 g/mol. The van der Waals surface area contributed by atoms with Crippen LogP contribution in [0.15, 0.2) is 48.9 Å². The maximum absolute atomic E-state index is 4.47. The van der Waals surface area contributed by atoms with Gasteiger partial charge in [0.1, 0.15) is 5.82 Å². The lowest BCUT2D eigenvalue weighted by Gasteiger charge is -2.07. The summed E-state index contributed by atoms with van der Waals surface area (Å²) >= 11 is 0. The van der Waals surface area contributed by atoms with Crippen molar-refractivity contribution in [2.24, 2.45) is 0 Å². The van der Waals surface area contributed by atoms with Crippen LogP contribution in [-0.2, 0) is 13.0 Å². The highest BCUT2D eigenvalue weighted by Gasteiger charge is 2.01. The number of rotatable bonds is 6. The second-order valence-electron chi connectivity index (χ2n) is 4.81. The number of pyridine rings is 1. The molecule has 0 bridgehead atoms. The molecule has 4 nitrogen and oxygen atoms in total. The lowest BCUT2D eigenvalue weighted by Crippen LogP contribution is -2.15. The lowest BCUT2D eigenvalue weighted by atomic mass is 10.1. The van der Waals surface area contributed by atoms with Gasteiger partial charge in [-0.05, 0) is 24.6 Å². The standard InChI is InChI=1S/C16H18N4/c1-4-13-6-2-9-20-16(13)14(5-1)12-17-8-3-7-15-18-10-11-19-15/h1-2,4-6,9-11,17H,3,7-8,12H2,(H,18,19). The SMILES string of the molecule is c1cnc2c(CNCCCc3ncc[nH]3)cccc2c1. The molecule has 2 heterocycles. The van der Waals surface area contributed by atoms with Crippen LogP contribution < -0.4 is 5.32 Å². The van der Waals surface area contributed by atoms with E-state index in [4.69, 9.17) is 0 Å². The van der Waals surface area contributed by atoms with E-state index in [1.54, 1.807) is 6.20 Å². The number of nitrogens with one attached hydrogen (secondary N) is 2. The Labute approximate surface area is 118 Å². The van der Waals surface area contributed by atoms with E-state index in [-0.39, 0.29) is 0 Å². The second-order valence-corrected chi connectivity index (χ2v) is 4.81. The Balaban J connectivity index is 1.52. The van der Waals surface area contributed by atoms with Crippen LogP contribution in [0.5, 0.6) is 0 Å². The van der Waals surface area contributed by atoms with Crippen molar-refractivity contribution < 1.29 is 0 Å². The molecule has 3 rings (SSSR count). The van der Waals surface area contributed by atoms with Gasteiger partial charge in [0.15, 0.2) is 0 Å². The maximum Gasteiger partial charge on any atom is 0.106 e. The van der Waals surface area contributed by atoms with E-state index in [0.717, 1.165) is 37.3 Å². The minimum Gasteiger partial charge on any atom is -0.349 e. The normalized spacial score (nSPS) is 11.0. The number of benzene rings is 1. The highest BCUT2D eigenvalue weighted by Crippen LogP contribution is 2.15. The third kappa shape index (κ3) is 3.03. The summed E-state index contributed by atoms with van der Waals surface area (Å²) < 4.78 is 0. The number of para-hydroxylation sites is 1. The zero-order chi connectivity index (χ0) is 13.6. The van der Waals surface area contributed by atoms with Gasteiger partial charge in [-0.2, -0.15) is 0 Å². The fourth-order valence-electron chi connectivity index (χ4n) is 2.35. The zero-order valence-electron chi connectivity index (χ0n) is 11.3. The largest absolute Gasteiger partial charge is 0.349 e. The van der Waals surface area contributed by atoms with Crippen molar-refractivity contribution in [2.45, 2.75) is 19.4 Å². The minimum atomic E-state index is 0.854. The van der Waals surface area contributed by atoms with Crippen LogP contribution in [0.2, 0.25) is 0 Å². The maximum atomic E-state index is 4.47. The average Bonchev–Trinajstić information content (AvgIpc) is 3.00. The molecule has 4 heteroatoms. The Hall–Kier alpha value is -2.20. The molecule has 0 atom stereocenters. The van der Waals surface area contributed by atoms with Gasteiger partial charge < -0.3 is 10.3 Å². The lowest BCUT2D eigenvalue weighted by molar-refractivity contribution is 0.642. The molecule has 0 aliphatic heterocycles. The summed E-state index contributed by atoms with van der Waals surface area (Å²) in [6.07, 6.45) is 7.57. The first-order valence-corrected chi connectivity index (χ1v) is 6.95. The van der Waals surface area contributed by atoms with Gasteiger partial charge in [0.05, 0.1) is 5.52 Å². The molecule has 2 N–H and O–H groups in total. The van der Waals surface area contributed by atoms with E-state index in [1.165, 1.54) is 10.9 Å². The van der Waals surface area contributed by atoms with Gasteiger partial charge in [-0.3, -0.25) is 4.98 Å². The molecule has 1 aromatic carbocycles. The van der Waals surface area contributed by atoms with Crippen molar-refractivity contribution in [3.05, 3.63) is 60.3 Å². The molecule has 0 aliphatic carbocycles. The molecule has 20 heavy (non-hydrogen) atoms. The van der Waals surface area contributed by atoms with E-state index >= 15 is 0 Å². The Morgan fingerprint density at radius 2 is 2.00 bits per heavy atom. The smallest absolute Gasteiger partial charge is 0.106 e. The highest BCUT2D eigenvalue weighted by molar-refractivity contribution is 5.81. The molecule has 0 saturated heterocycles. The van der Waals surface area contributed by atoms with Gasteiger partial charge in [-0.25, -0.2) is 4.98 Å². The van der Waals surface area contributed by atoms with E-state index in [2.05, 4.69) is 44.5 Å². The number of hydrogen-bond acceptors (Lipinski definition) is 3.